The van der Waals surface area contributed by atoms with Crippen LogP contribution in [-0.4, -0.2) is 28.6 Å². The Morgan fingerprint density at radius 3 is 2.22 bits per heavy atom. The van der Waals surface area contributed by atoms with Gasteiger partial charge in [-0.1, -0.05) is 37.5 Å². The lowest BCUT2D eigenvalue weighted by molar-refractivity contribution is -0.136. The fraction of sp³-hybridized carbons (Fsp3) is 0.556. The van der Waals surface area contributed by atoms with Gasteiger partial charge < -0.3 is 15.7 Å². The summed E-state index contributed by atoms with van der Waals surface area (Å²) in [5.74, 6) is -0.688. The molecule has 5 heteroatoms. The number of nitrogens with one attached hydrogen (secondary N) is 2. The van der Waals surface area contributed by atoms with Gasteiger partial charge in [-0.05, 0) is 44.7 Å². The third kappa shape index (κ3) is 3.91. The zero-order valence-electron chi connectivity index (χ0n) is 14.1. The minimum atomic E-state index is -1.12. The summed E-state index contributed by atoms with van der Waals surface area (Å²) >= 11 is 0. The summed E-state index contributed by atoms with van der Waals surface area (Å²) in [6.07, 6.45) is 2.91. The molecule has 2 amide bonds. The number of amides is 2. The van der Waals surface area contributed by atoms with Gasteiger partial charge in [-0.15, -0.1) is 0 Å². The molecular weight excluding hydrogens is 292 g/mol. The quantitative estimate of drug-likeness (QED) is 0.798. The maximum atomic E-state index is 12.9. The van der Waals surface area contributed by atoms with Crippen LogP contribution in [0.15, 0.2) is 18.2 Å². The molecule has 1 unspecified atom stereocenters. The molecule has 1 aliphatic rings. The maximum Gasteiger partial charge on any atom is 0.250 e. The van der Waals surface area contributed by atoms with Crippen molar-refractivity contribution in [1.82, 2.24) is 5.32 Å². The van der Waals surface area contributed by atoms with Gasteiger partial charge in [0.1, 0.15) is 11.6 Å². The van der Waals surface area contributed by atoms with E-state index in [1.165, 1.54) is 6.92 Å². The van der Waals surface area contributed by atoms with E-state index in [0.29, 0.717) is 12.8 Å². The summed E-state index contributed by atoms with van der Waals surface area (Å²) in [4.78, 5) is 24.9. The number of benzene rings is 1. The molecule has 0 radical (unpaired) electrons. The van der Waals surface area contributed by atoms with Crippen LogP contribution in [0.25, 0.3) is 0 Å². The number of rotatable bonds is 4. The highest BCUT2D eigenvalue weighted by Gasteiger charge is 2.41. The predicted octanol–water partition coefficient (Wildman–Crippen LogP) is 2.44. The minimum absolute atomic E-state index is 0.191. The van der Waals surface area contributed by atoms with Crippen LogP contribution in [0.3, 0.4) is 0 Å². The number of aliphatic hydroxyl groups excluding tert-OH is 1. The second kappa shape index (κ2) is 7.13. The zero-order chi connectivity index (χ0) is 17.0. The molecule has 0 saturated heterocycles. The average Bonchev–Trinajstić information content (AvgIpc) is 2.51. The van der Waals surface area contributed by atoms with Gasteiger partial charge in [0.05, 0.1) is 0 Å². The number of hydrogen-bond donors (Lipinski definition) is 3. The monoisotopic (exact) mass is 318 g/mol. The summed E-state index contributed by atoms with van der Waals surface area (Å²) in [7, 11) is 0. The Bertz CT molecular complexity index is 570. The normalized spacial score (nSPS) is 18.1. The van der Waals surface area contributed by atoms with E-state index >= 15 is 0 Å². The van der Waals surface area contributed by atoms with E-state index in [1.54, 1.807) is 0 Å². The summed E-state index contributed by atoms with van der Waals surface area (Å²) in [6, 6.07) is 5.85. The Morgan fingerprint density at radius 1 is 1.13 bits per heavy atom. The summed E-state index contributed by atoms with van der Waals surface area (Å²) < 4.78 is 0. The third-order valence-corrected chi connectivity index (χ3v) is 4.60. The molecule has 2 rings (SSSR count). The van der Waals surface area contributed by atoms with Gasteiger partial charge in [0, 0.05) is 5.69 Å². The van der Waals surface area contributed by atoms with Gasteiger partial charge in [0.25, 0.3) is 0 Å². The largest absolute Gasteiger partial charge is 0.384 e. The number of para-hydroxylation sites is 1. The molecular formula is C18H26N2O3. The SMILES string of the molecule is Cc1cccc(C)c1NC(=O)C1(NC(=O)C(C)O)CCCCC1. The van der Waals surface area contributed by atoms with Crippen LogP contribution in [-0.2, 0) is 9.59 Å². The highest BCUT2D eigenvalue weighted by atomic mass is 16.3. The Labute approximate surface area is 137 Å². The average molecular weight is 318 g/mol. The first-order valence-corrected chi connectivity index (χ1v) is 8.23. The Morgan fingerprint density at radius 2 is 1.70 bits per heavy atom. The molecule has 1 aromatic rings. The molecule has 1 aliphatic carbocycles. The van der Waals surface area contributed by atoms with Crippen LogP contribution in [0.1, 0.15) is 50.2 Å². The molecule has 0 heterocycles. The van der Waals surface area contributed by atoms with E-state index in [-0.39, 0.29) is 5.91 Å². The molecule has 1 aromatic carbocycles. The molecule has 126 valence electrons. The third-order valence-electron chi connectivity index (χ3n) is 4.60. The Balaban J connectivity index is 2.25. The van der Waals surface area contributed by atoms with Crippen molar-refractivity contribution in [2.75, 3.05) is 5.32 Å². The lowest BCUT2D eigenvalue weighted by Gasteiger charge is -2.37. The molecule has 1 atom stereocenters. The summed E-state index contributed by atoms with van der Waals surface area (Å²) in [6.45, 7) is 5.31. The molecule has 1 fully saturated rings. The van der Waals surface area contributed by atoms with Gasteiger partial charge in [0.2, 0.25) is 11.8 Å². The van der Waals surface area contributed by atoms with Crippen molar-refractivity contribution in [2.24, 2.45) is 0 Å². The minimum Gasteiger partial charge on any atom is -0.384 e. The van der Waals surface area contributed by atoms with Crippen LogP contribution >= 0.6 is 0 Å². The number of anilines is 1. The number of hydrogen-bond acceptors (Lipinski definition) is 3. The first-order chi connectivity index (χ1) is 10.9. The highest BCUT2D eigenvalue weighted by molar-refractivity contribution is 6.01. The van der Waals surface area contributed by atoms with Crippen molar-refractivity contribution >= 4 is 17.5 Å². The van der Waals surface area contributed by atoms with E-state index in [4.69, 9.17) is 0 Å². The first kappa shape index (κ1) is 17.5. The van der Waals surface area contributed by atoms with Gasteiger partial charge in [-0.3, -0.25) is 9.59 Å². The van der Waals surface area contributed by atoms with Crippen molar-refractivity contribution in [3.05, 3.63) is 29.3 Å². The lowest BCUT2D eigenvalue weighted by atomic mass is 9.80. The number of aryl methyl sites for hydroxylation is 2. The van der Waals surface area contributed by atoms with E-state index in [9.17, 15) is 14.7 Å². The zero-order valence-corrected chi connectivity index (χ0v) is 14.1. The Hall–Kier alpha value is -1.88. The number of carbonyl (C=O) groups excluding carboxylic acids is 2. The standard InChI is InChI=1S/C18H26N2O3/c1-12-8-7-9-13(2)15(12)19-17(23)18(10-5-4-6-11-18)20-16(22)14(3)21/h7-9,14,21H,4-6,10-11H2,1-3H3,(H,19,23)(H,20,22). The number of aliphatic hydroxyl groups is 1. The van der Waals surface area contributed by atoms with E-state index in [0.717, 1.165) is 36.1 Å². The van der Waals surface area contributed by atoms with Crippen molar-refractivity contribution in [3.63, 3.8) is 0 Å². The molecule has 3 N–H and O–H groups in total. The van der Waals surface area contributed by atoms with Crippen LogP contribution < -0.4 is 10.6 Å². The molecule has 5 nitrogen and oxygen atoms in total. The van der Waals surface area contributed by atoms with Crippen molar-refractivity contribution < 1.29 is 14.7 Å². The number of carbonyl (C=O) groups is 2. The van der Waals surface area contributed by atoms with Gasteiger partial charge >= 0.3 is 0 Å². The Kier molecular flexibility index (Phi) is 5.42. The summed E-state index contributed by atoms with van der Waals surface area (Å²) in [5, 5.41) is 15.3. The van der Waals surface area contributed by atoms with E-state index in [1.807, 2.05) is 32.0 Å². The van der Waals surface area contributed by atoms with Crippen molar-refractivity contribution in [2.45, 2.75) is 64.5 Å². The van der Waals surface area contributed by atoms with Crippen molar-refractivity contribution in [1.29, 1.82) is 0 Å². The molecule has 1 saturated carbocycles. The molecule has 23 heavy (non-hydrogen) atoms. The topological polar surface area (TPSA) is 78.4 Å². The van der Waals surface area contributed by atoms with Crippen LogP contribution in [0.5, 0.6) is 0 Å². The maximum absolute atomic E-state index is 12.9. The van der Waals surface area contributed by atoms with E-state index in [2.05, 4.69) is 10.6 Å². The van der Waals surface area contributed by atoms with Crippen LogP contribution in [0, 0.1) is 13.8 Å². The van der Waals surface area contributed by atoms with Crippen molar-refractivity contribution in [3.8, 4) is 0 Å². The van der Waals surface area contributed by atoms with Gasteiger partial charge in [-0.2, -0.15) is 0 Å². The van der Waals surface area contributed by atoms with E-state index < -0.39 is 17.6 Å². The van der Waals surface area contributed by atoms with Crippen LogP contribution in [0.2, 0.25) is 0 Å². The predicted molar refractivity (Wildman–Crippen MR) is 90.2 cm³/mol. The molecule has 0 bridgehead atoms. The second-order valence-electron chi connectivity index (χ2n) is 6.53. The smallest absolute Gasteiger partial charge is 0.250 e. The second-order valence-corrected chi connectivity index (χ2v) is 6.53. The molecule has 0 aliphatic heterocycles. The first-order valence-electron chi connectivity index (χ1n) is 8.23. The van der Waals surface area contributed by atoms with Gasteiger partial charge in [0.15, 0.2) is 0 Å². The fourth-order valence-corrected chi connectivity index (χ4v) is 3.15. The van der Waals surface area contributed by atoms with Crippen LogP contribution in [0.4, 0.5) is 5.69 Å². The fourth-order valence-electron chi connectivity index (χ4n) is 3.15. The summed E-state index contributed by atoms with van der Waals surface area (Å²) in [5.41, 5.74) is 1.85. The van der Waals surface area contributed by atoms with Gasteiger partial charge in [-0.25, -0.2) is 0 Å². The highest BCUT2D eigenvalue weighted by Crippen LogP contribution is 2.31. The molecule has 0 aromatic heterocycles. The molecule has 0 spiro atoms. The lowest BCUT2D eigenvalue weighted by Crippen LogP contribution is -2.59.